The van der Waals surface area contributed by atoms with E-state index in [2.05, 4.69) is 46.7 Å². The molecule has 1 aliphatic heterocycles. The van der Waals surface area contributed by atoms with Crippen LogP contribution in [0.4, 0.5) is 4.39 Å². The number of aliphatic carboxylic acids is 3. The van der Waals surface area contributed by atoms with Crippen molar-refractivity contribution in [2.75, 3.05) is 13.2 Å². The van der Waals surface area contributed by atoms with Gasteiger partial charge in [0.15, 0.2) is 5.60 Å². The molecule has 3 aromatic rings. The quantitative estimate of drug-likeness (QED) is 0.167. The van der Waals surface area contributed by atoms with E-state index in [-0.39, 0.29) is 16.8 Å². The van der Waals surface area contributed by atoms with Crippen LogP contribution in [0.15, 0.2) is 73.1 Å². The summed E-state index contributed by atoms with van der Waals surface area (Å²) in [5.74, 6) is -5.18. The minimum atomic E-state index is -2.74. The van der Waals surface area contributed by atoms with E-state index in [1.54, 1.807) is 12.1 Å². The Bertz CT molecular complexity index is 1460. The van der Waals surface area contributed by atoms with E-state index >= 15 is 0 Å². The number of nitrogens with one attached hydrogen (secondary N) is 1. The van der Waals surface area contributed by atoms with Crippen LogP contribution in [0.3, 0.4) is 0 Å². The largest absolute Gasteiger partial charge is 0.481 e. The predicted octanol–water partition coefficient (Wildman–Crippen LogP) is 5.18. The maximum absolute atomic E-state index is 13.7. The van der Waals surface area contributed by atoms with Crippen molar-refractivity contribution in [3.63, 3.8) is 0 Å². The highest BCUT2D eigenvalue weighted by atomic mass is 19.1. The van der Waals surface area contributed by atoms with Gasteiger partial charge in [0.25, 0.3) is 0 Å². The van der Waals surface area contributed by atoms with Crippen LogP contribution in [0, 0.1) is 5.82 Å². The molecule has 46 heavy (non-hydrogen) atoms. The average Bonchev–Trinajstić information content (AvgIpc) is 3.46. The fourth-order valence-electron chi connectivity index (χ4n) is 6.72. The molecule has 2 fully saturated rings. The molecular formula is C35H41FN2O8. The third-order valence-corrected chi connectivity index (χ3v) is 9.01. The van der Waals surface area contributed by atoms with Gasteiger partial charge in [0.05, 0.1) is 18.4 Å². The van der Waals surface area contributed by atoms with Crippen LogP contribution in [0.25, 0.3) is 11.1 Å². The van der Waals surface area contributed by atoms with E-state index in [4.69, 9.17) is 25.2 Å². The van der Waals surface area contributed by atoms with Gasteiger partial charge in [0.2, 0.25) is 0 Å². The number of carboxylic acid groups (broad SMARTS) is 3. The standard InChI is InChI=1S/C29H33FN2O.C6H8O7/c30-26-9-7-25(8-10-26)28(16-20-33-29(22-28)13-3-4-14-29)15-19-32-21-24-5-1-2-6-27(24)23-11-17-31-18-12-23;7-3(8)1-6(13,5(11)12)2-4(9)10/h1-2,5-12,17-18,32H,3-4,13-16,19-22H2;13H,1-2H2,(H,7,8)(H,9,10)(H,11,12)/t28-;/m1./s1. The lowest BCUT2D eigenvalue weighted by Crippen LogP contribution is -2.47. The Kier molecular flexibility index (Phi) is 11.6. The molecule has 5 rings (SSSR count). The van der Waals surface area contributed by atoms with Gasteiger partial charge in [-0.2, -0.15) is 0 Å². The number of hydrogen-bond donors (Lipinski definition) is 5. The van der Waals surface area contributed by atoms with Gasteiger partial charge >= 0.3 is 17.9 Å². The molecule has 11 heteroatoms. The number of carbonyl (C=O) groups is 3. The number of nitrogens with zero attached hydrogens (tertiary/aromatic N) is 1. The van der Waals surface area contributed by atoms with Crippen LogP contribution < -0.4 is 5.32 Å². The summed E-state index contributed by atoms with van der Waals surface area (Å²) in [5, 5.41) is 37.5. The predicted molar refractivity (Wildman–Crippen MR) is 168 cm³/mol. The Morgan fingerprint density at radius 1 is 0.891 bits per heavy atom. The number of pyridine rings is 1. The summed E-state index contributed by atoms with van der Waals surface area (Å²) in [6.45, 7) is 2.53. The smallest absolute Gasteiger partial charge is 0.336 e. The van der Waals surface area contributed by atoms with Crippen LogP contribution in [-0.4, -0.2) is 67.7 Å². The van der Waals surface area contributed by atoms with Crippen molar-refractivity contribution in [3.8, 4) is 11.1 Å². The molecule has 0 amide bonds. The molecule has 1 atom stereocenters. The van der Waals surface area contributed by atoms with Crippen molar-refractivity contribution in [1.82, 2.24) is 10.3 Å². The lowest BCUT2D eigenvalue weighted by molar-refractivity contribution is -0.170. The monoisotopic (exact) mass is 636 g/mol. The Hall–Kier alpha value is -4.19. The van der Waals surface area contributed by atoms with Gasteiger partial charge in [-0.3, -0.25) is 14.6 Å². The zero-order valence-corrected chi connectivity index (χ0v) is 25.7. The molecule has 1 aliphatic carbocycles. The van der Waals surface area contributed by atoms with E-state index in [0.29, 0.717) is 0 Å². The normalized spacial score (nSPS) is 18.8. The van der Waals surface area contributed by atoms with Gasteiger partial charge in [0.1, 0.15) is 5.82 Å². The summed E-state index contributed by atoms with van der Waals surface area (Å²) in [5.41, 5.74) is 2.30. The topological polar surface area (TPSA) is 166 Å². The van der Waals surface area contributed by atoms with Crippen LogP contribution in [0.1, 0.15) is 68.9 Å². The highest BCUT2D eigenvalue weighted by Gasteiger charge is 2.47. The number of aromatic nitrogens is 1. The first-order chi connectivity index (χ1) is 22.0. The van der Waals surface area contributed by atoms with Crippen molar-refractivity contribution < 1.29 is 43.9 Å². The van der Waals surface area contributed by atoms with E-state index in [9.17, 15) is 18.8 Å². The van der Waals surface area contributed by atoms with Gasteiger partial charge in [-0.1, -0.05) is 49.2 Å². The van der Waals surface area contributed by atoms with Crippen LogP contribution in [-0.2, 0) is 31.1 Å². The number of halogens is 1. The molecule has 0 bridgehead atoms. The van der Waals surface area contributed by atoms with E-state index in [1.807, 2.05) is 24.5 Å². The number of ether oxygens (including phenoxy) is 1. The minimum Gasteiger partial charge on any atom is -0.481 e. The first kappa shape index (κ1) is 34.7. The summed E-state index contributed by atoms with van der Waals surface area (Å²) in [6.07, 6.45) is 9.28. The highest BCUT2D eigenvalue weighted by Crippen LogP contribution is 2.50. The van der Waals surface area contributed by atoms with E-state index in [0.717, 1.165) is 51.8 Å². The van der Waals surface area contributed by atoms with Crippen molar-refractivity contribution >= 4 is 17.9 Å². The third-order valence-electron chi connectivity index (χ3n) is 9.01. The third kappa shape index (κ3) is 8.96. The Morgan fingerprint density at radius 3 is 2.13 bits per heavy atom. The summed E-state index contributed by atoms with van der Waals surface area (Å²) in [4.78, 5) is 34.6. The fourth-order valence-corrected chi connectivity index (χ4v) is 6.72. The minimum absolute atomic E-state index is 0.0145. The zero-order valence-electron chi connectivity index (χ0n) is 25.7. The molecule has 0 unspecified atom stereocenters. The molecule has 1 aromatic heterocycles. The average molecular weight is 637 g/mol. The first-order valence-electron chi connectivity index (χ1n) is 15.4. The molecule has 10 nitrogen and oxygen atoms in total. The SMILES string of the molecule is Fc1ccc([C@]2(CCNCc3ccccc3-c3ccncc3)CCOC3(CCCC3)C2)cc1.O=C(O)CC(O)(CC(=O)O)C(=O)O. The molecule has 1 saturated carbocycles. The molecular weight excluding hydrogens is 595 g/mol. The van der Waals surface area contributed by atoms with Gasteiger partial charge < -0.3 is 30.5 Å². The second-order valence-corrected chi connectivity index (χ2v) is 12.3. The van der Waals surface area contributed by atoms with Gasteiger partial charge in [-0.05, 0) is 85.2 Å². The number of benzene rings is 2. The lowest BCUT2D eigenvalue weighted by Gasteiger charge is -2.47. The molecule has 246 valence electrons. The van der Waals surface area contributed by atoms with Crippen LogP contribution >= 0.6 is 0 Å². The molecule has 1 saturated heterocycles. The highest BCUT2D eigenvalue weighted by molar-refractivity contribution is 5.88. The maximum Gasteiger partial charge on any atom is 0.336 e. The Morgan fingerprint density at radius 2 is 1.52 bits per heavy atom. The van der Waals surface area contributed by atoms with Crippen molar-refractivity contribution in [2.24, 2.45) is 0 Å². The molecule has 2 heterocycles. The van der Waals surface area contributed by atoms with Crippen molar-refractivity contribution in [2.45, 2.75) is 80.9 Å². The molecule has 1 spiro atoms. The summed E-state index contributed by atoms with van der Waals surface area (Å²) < 4.78 is 20.1. The fraction of sp³-hybridized carbons (Fsp3) is 0.429. The van der Waals surface area contributed by atoms with Crippen molar-refractivity contribution in [3.05, 3.63) is 90.0 Å². The van der Waals surface area contributed by atoms with Gasteiger partial charge in [-0.15, -0.1) is 0 Å². The maximum atomic E-state index is 13.7. The summed E-state index contributed by atoms with van der Waals surface area (Å²) in [7, 11) is 0. The number of aliphatic hydroxyl groups is 1. The zero-order chi connectivity index (χ0) is 33.2. The van der Waals surface area contributed by atoms with E-state index in [1.165, 1.54) is 35.1 Å². The molecule has 2 aromatic carbocycles. The molecule has 0 radical (unpaired) electrons. The first-order valence-corrected chi connectivity index (χ1v) is 15.4. The van der Waals surface area contributed by atoms with Gasteiger partial charge in [0, 0.05) is 31.0 Å². The lowest BCUT2D eigenvalue weighted by atomic mass is 9.66. The van der Waals surface area contributed by atoms with E-state index < -0.39 is 36.4 Å². The number of hydrogen-bond acceptors (Lipinski definition) is 7. The van der Waals surface area contributed by atoms with Crippen LogP contribution in [0.2, 0.25) is 0 Å². The number of carboxylic acids is 3. The number of rotatable bonds is 12. The van der Waals surface area contributed by atoms with Crippen LogP contribution in [0.5, 0.6) is 0 Å². The molecule has 5 N–H and O–H groups in total. The molecule has 2 aliphatic rings. The summed E-state index contributed by atoms with van der Waals surface area (Å²) >= 11 is 0. The van der Waals surface area contributed by atoms with Gasteiger partial charge in [-0.25, -0.2) is 9.18 Å². The van der Waals surface area contributed by atoms with Crippen molar-refractivity contribution in [1.29, 1.82) is 0 Å². The summed E-state index contributed by atoms with van der Waals surface area (Å²) in [6, 6.07) is 19.9. The Balaban J connectivity index is 0.000000315. The Labute approximate surface area is 267 Å². The second-order valence-electron chi connectivity index (χ2n) is 12.3. The second kappa shape index (κ2) is 15.4.